The number of rotatable bonds is 5. The Morgan fingerprint density at radius 2 is 1.47 bits per heavy atom. The first kappa shape index (κ1) is 33.8. The van der Waals surface area contributed by atoms with Gasteiger partial charge in [-0.3, -0.25) is 19.0 Å². The SMILES string of the molecule is CCOC(=O)C1=C(C)N=c2s/c(=C/C34c5ccccc5C(c5ccccc53)[C@@H]3C(=O)N(c5ccc(Br)cc5)C(=O)[C@@H]34)c(=O)n2[C@H]1c1cccc2ccccc12. The summed E-state index contributed by atoms with van der Waals surface area (Å²) in [5.41, 5.74) is 4.28. The highest BCUT2D eigenvalue weighted by Crippen LogP contribution is 2.65. The Kier molecular flexibility index (Phi) is 7.63. The van der Waals surface area contributed by atoms with E-state index in [1.165, 1.54) is 16.2 Å². The highest BCUT2D eigenvalue weighted by Gasteiger charge is 2.67. The van der Waals surface area contributed by atoms with Crippen LogP contribution in [0.5, 0.6) is 0 Å². The smallest absolute Gasteiger partial charge is 0.338 e. The first-order chi connectivity index (χ1) is 26.7. The minimum Gasteiger partial charge on any atom is -0.463 e. The number of ether oxygens (including phenoxy) is 1. The summed E-state index contributed by atoms with van der Waals surface area (Å²) in [6.45, 7) is 3.69. The molecule has 3 heterocycles. The summed E-state index contributed by atoms with van der Waals surface area (Å²) in [7, 11) is 0. The van der Waals surface area contributed by atoms with Gasteiger partial charge in [0, 0.05) is 10.4 Å². The van der Waals surface area contributed by atoms with Crippen LogP contribution in [0.4, 0.5) is 5.69 Å². The lowest BCUT2D eigenvalue weighted by Crippen LogP contribution is -2.53. The van der Waals surface area contributed by atoms with Crippen molar-refractivity contribution in [1.82, 2.24) is 4.57 Å². The van der Waals surface area contributed by atoms with Crippen molar-refractivity contribution in [1.29, 1.82) is 0 Å². The number of imide groups is 1. The largest absolute Gasteiger partial charge is 0.463 e. The van der Waals surface area contributed by atoms with Gasteiger partial charge in [0.15, 0.2) is 4.80 Å². The number of hydrogen-bond donors (Lipinski definition) is 0. The number of esters is 1. The quantitative estimate of drug-likeness (QED) is 0.139. The highest BCUT2D eigenvalue weighted by atomic mass is 79.9. The molecule has 5 aromatic carbocycles. The van der Waals surface area contributed by atoms with Crippen molar-refractivity contribution in [3.8, 4) is 0 Å². The number of nitrogens with zero attached hydrogens (tertiary/aromatic N) is 3. The Bertz CT molecular complexity index is 2840. The summed E-state index contributed by atoms with van der Waals surface area (Å²) in [5, 5.41) is 1.87. The van der Waals surface area contributed by atoms with E-state index in [2.05, 4.69) is 15.9 Å². The van der Waals surface area contributed by atoms with Gasteiger partial charge in [-0.05, 0) is 82.8 Å². The maximum absolute atomic E-state index is 15.2. The van der Waals surface area contributed by atoms with Crippen LogP contribution >= 0.6 is 27.3 Å². The second-order valence-electron chi connectivity index (χ2n) is 14.4. The number of amides is 2. The Balaban J connectivity index is 1.26. The number of thiazole rings is 1. The molecule has 3 aliphatic carbocycles. The topological polar surface area (TPSA) is 98.0 Å². The number of carbonyl (C=O) groups is 3. The molecular weight excluding hydrogens is 774 g/mol. The molecule has 0 spiro atoms. The molecule has 1 saturated heterocycles. The predicted octanol–water partition coefficient (Wildman–Crippen LogP) is 6.92. The first-order valence-electron chi connectivity index (χ1n) is 18.2. The molecule has 0 N–H and O–H groups in total. The minimum atomic E-state index is -1.17. The third-order valence-electron chi connectivity index (χ3n) is 11.8. The summed E-state index contributed by atoms with van der Waals surface area (Å²) >= 11 is 4.72. The fraction of sp³-hybridized carbons (Fsp3) is 0.178. The standard InChI is InChI=1S/C45H32BrN3O5S/c1-3-54-43(53)35-24(2)47-44-49(39(35)29-16-10-12-25-11-4-5-13-28(25)29)40(50)34(55-44)23-45-32-17-8-6-14-30(32)36(31-15-7-9-18-33(31)45)37-38(45)42(52)48(41(37)51)27-21-19-26(46)20-22-27/h4-23,36-39H,3H2,1-2H3/b34-23+/t36?,37-,38+,39-,45?/m0/s1. The van der Waals surface area contributed by atoms with Gasteiger partial charge in [0.25, 0.3) is 5.56 Å². The molecule has 8 nitrogen and oxygen atoms in total. The maximum Gasteiger partial charge on any atom is 0.338 e. The number of fused-ring (bicyclic) bond motifs is 2. The molecule has 0 unspecified atom stereocenters. The Labute approximate surface area is 327 Å². The van der Waals surface area contributed by atoms with E-state index in [0.29, 0.717) is 26.3 Å². The van der Waals surface area contributed by atoms with E-state index in [1.807, 2.05) is 109 Å². The summed E-state index contributed by atoms with van der Waals surface area (Å²) in [6, 6.07) is 36.2. The van der Waals surface area contributed by atoms with Gasteiger partial charge in [-0.2, -0.15) is 0 Å². The van der Waals surface area contributed by atoms with Gasteiger partial charge in [0.1, 0.15) is 0 Å². The number of allylic oxidation sites excluding steroid dienone is 1. The molecule has 3 atom stereocenters. The van der Waals surface area contributed by atoms with Gasteiger partial charge in [-0.1, -0.05) is 118 Å². The number of benzene rings is 5. The second kappa shape index (κ2) is 12.4. The van der Waals surface area contributed by atoms with Crippen molar-refractivity contribution < 1.29 is 19.1 Å². The van der Waals surface area contributed by atoms with Gasteiger partial charge in [-0.25, -0.2) is 14.7 Å². The molecule has 270 valence electrons. The normalized spacial score (nSPS) is 23.7. The molecule has 10 heteroatoms. The Morgan fingerprint density at radius 1 is 0.836 bits per heavy atom. The van der Waals surface area contributed by atoms with Crippen molar-refractivity contribution in [2.45, 2.75) is 31.2 Å². The fourth-order valence-corrected chi connectivity index (χ4v) is 11.1. The van der Waals surface area contributed by atoms with E-state index in [9.17, 15) is 9.59 Å². The molecule has 11 rings (SSSR count). The number of hydrogen-bond acceptors (Lipinski definition) is 7. The lowest BCUT2D eigenvalue weighted by molar-refractivity contribution is -0.139. The van der Waals surface area contributed by atoms with Crippen LogP contribution in [-0.4, -0.2) is 29.0 Å². The van der Waals surface area contributed by atoms with E-state index in [4.69, 9.17) is 9.73 Å². The van der Waals surface area contributed by atoms with Crippen molar-refractivity contribution >= 4 is 67.6 Å². The summed E-state index contributed by atoms with van der Waals surface area (Å²) < 4.78 is 8.39. The van der Waals surface area contributed by atoms with Gasteiger partial charge < -0.3 is 4.74 Å². The van der Waals surface area contributed by atoms with Crippen LogP contribution in [0.25, 0.3) is 16.8 Å². The molecular formula is C45H32BrN3O5S. The van der Waals surface area contributed by atoms with E-state index in [1.54, 1.807) is 30.5 Å². The monoisotopic (exact) mass is 805 g/mol. The zero-order valence-corrected chi connectivity index (χ0v) is 32.1. The summed E-state index contributed by atoms with van der Waals surface area (Å²) in [4.78, 5) is 65.4. The van der Waals surface area contributed by atoms with Crippen molar-refractivity contribution in [3.05, 3.63) is 179 Å². The van der Waals surface area contributed by atoms with Gasteiger partial charge >= 0.3 is 5.97 Å². The van der Waals surface area contributed by atoms with E-state index < -0.39 is 29.3 Å². The predicted molar refractivity (Wildman–Crippen MR) is 214 cm³/mol. The van der Waals surface area contributed by atoms with Crippen LogP contribution in [0, 0.1) is 11.8 Å². The highest BCUT2D eigenvalue weighted by molar-refractivity contribution is 9.10. The molecule has 5 aliphatic rings. The number of halogens is 1. The lowest BCUT2D eigenvalue weighted by Gasteiger charge is -2.53. The van der Waals surface area contributed by atoms with Crippen molar-refractivity contribution in [2.24, 2.45) is 16.8 Å². The Hall–Kier alpha value is -5.71. The maximum atomic E-state index is 15.2. The first-order valence-corrected chi connectivity index (χ1v) is 19.9. The van der Waals surface area contributed by atoms with Crippen molar-refractivity contribution in [3.63, 3.8) is 0 Å². The van der Waals surface area contributed by atoms with E-state index in [0.717, 1.165) is 43.1 Å². The molecule has 0 radical (unpaired) electrons. The molecule has 2 aliphatic heterocycles. The lowest BCUT2D eigenvalue weighted by atomic mass is 9.47. The Morgan fingerprint density at radius 3 is 2.18 bits per heavy atom. The van der Waals surface area contributed by atoms with Crippen LogP contribution < -0.4 is 19.8 Å². The number of aromatic nitrogens is 1. The average Bonchev–Trinajstić information content (AvgIpc) is 3.65. The second-order valence-corrected chi connectivity index (χ2v) is 16.3. The van der Waals surface area contributed by atoms with Gasteiger partial charge in [-0.15, -0.1) is 0 Å². The molecule has 2 amide bonds. The third kappa shape index (κ3) is 4.64. The zero-order chi connectivity index (χ0) is 37.7. The van der Waals surface area contributed by atoms with Gasteiger partial charge in [0.2, 0.25) is 11.8 Å². The summed E-state index contributed by atoms with van der Waals surface area (Å²) in [5.74, 6) is -2.94. The molecule has 6 aromatic rings. The zero-order valence-electron chi connectivity index (χ0n) is 29.7. The number of anilines is 1. The minimum absolute atomic E-state index is 0.164. The van der Waals surface area contributed by atoms with Crippen LogP contribution in [0.15, 0.2) is 141 Å². The van der Waals surface area contributed by atoms with Crippen molar-refractivity contribution in [2.75, 3.05) is 11.5 Å². The average molecular weight is 807 g/mol. The van der Waals surface area contributed by atoms with Crippen LogP contribution in [-0.2, 0) is 24.5 Å². The fourth-order valence-electron chi connectivity index (χ4n) is 9.70. The molecule has 0 saturated carbocycles. The van der Waals surface area contributed by atoms with Crippen LogP contribution in [0.3, 0.4) is 0 Å². The molecule has 1 aromatic heterocycles. The summed E-state index contributed by atoms with van der Waals surface area (Å²) in [6.07, 6.45) is 1.93. The third-order valence-corrected chi connectivity index (χ3v) is 13.3. The van der Waals surface area contributed by atoms with Crippen LogP contribution in [0.2, 0.25) is 0 Å². The molecule has 1 fully saturated rings. The molecule has 2 bridgehead atoms. The van der Waals surface area contributed by atoms with Gasteiger partial charge in [0.05, 0.1) is 51.4 Å². The molecule has 55 heavy (non-hydrogen) atoms. The van der Waals surface area contributed by atoms with E-state index in [-0.39, 0.29) is 29.9 Å². The van der Waals surface area contributed by atoms with E-state index >= 15 is 9.59 Å². The number of carbonyl (C=O) groups excluding carboxylic acids is 3. The van der Waals surface area contributed by atoms with Crippen LogP contribution in [0.1, 0.15) is 53.6 Å².